The molecule has 0 saturated heterocycles. The lowest BCUT2D eigenvalue weighted by Gasteiger charge is -1.99. The van der Waals surface area contributed by atoms with Gasteiger partial charge in [-0.25, -0.2) is 9.59 Å². The van der Waals surface area contributed by atoms with Crippen molar-refractivity contribution in [1.29, 1.82) is 0 Å². The second kappa shape index (κ2) is 3.74. The van der Waals surface area contributed by atoms with Crippen LogP contribution in [0.3, 0.4) is 0 Å². The number of urea groups is 2. The third-order valence-electron chi connectivity index (χ3n) is 3.15. The first-order valence-electron chi connectivity index (χ1n) is 5.92. The molecule has 94 valence electrons. The van der Waals surface area contributed by atoms with E-state index in [9.17, 15) is 9.59 Å². The zero-order valence-electron chi connectivity index (χ0n) is 10.1. The molecule has 6 nitrogen and oxygen atoms in total. The summed E-state index contributed by atoms with van der Waals surface area (Å²) in [6, 6.07) is 9.82. The summed E-state index contributed by atoms with van der Waals surface area (Å²) in [7, 11) is 0. The summed E-state index contributed by atoms with van der Waals surface area (Å²) in [4.78, 5) is 37.5. The van der Waals surface area contributed by atoms with Crippen LogP contribution >= 0.6 is 0 Å². The van der Waals surface area contributed by atoms with E-state index >= 15 is 0 Å². The maximum atomic E-state index is 11.1. The first-order chi connectivity index (χ1) is 9.69. The summed E-state index contributed by atoms with van der Waals surface area (Å²) in [6.45, 7) is 0. The van der Waals surface area contributed by atoms with E-state index in [1.165, 1.54) is 0 Å². The van der Waals surface area contributed by atoms with Crippen LogP contribution in [0.2, 0.25) is 0 Å². The fraction of sp³-hybridized carbons (Fsp3) is 0. The summed E-state index contributed by atoms with van der Waals surface area (Å²) >= 11 is 0. The Morgan fingerprint density at radius 1 is 0.550 bits per heavy atom. The van der Waals surface area contributed by atoms with Gasteiger partial charge in [0.2, 0.25) is 0 Å². The van der Waals surface area contributed by atoms with E-state index in [2.05, 4.69) is 20.0 Å². The Morgan fingerprint density at radius 2 is 0.950 bits per heavy atom. The number of rotatable bonds is 1. The molecule has 2 aliphatic rings. The predicted molar refractivity (Wildman–Crippen MR) is 67.3 cm³/mol. The van der Waals surface area contributed by atoms with Crippen LogP contribution in [0.15, 0.2) is 56.4 Å². The topological polar surface area (TPSA) is 83.6 Å². The molecule has 0 spiro atoms. The van der Waals surface area contributed by atoms with Gasteiger partial charge in [-0.15, -0.1) is 0 Å². The van der Waals surface area contributed by atoms with Crippen molar-refractivity contribution >= 4 is 12.1 Å². The van der Waals surface area contributed by atoms with E-state index in [4.69, 9.17) is 0 Å². The number of amides is 4. The molecule has 0 unspecified atom stereocenters. The highest BCUT2D eigenvalue weighted by molar-refractivity contribution is 5.78. The van der Waals surface area contributed by atoms with Gasteiger partial charge < -0.3 is 0 Å². The standard InChI is InChI=1S/C14H6N4O2/c19-13-15-9-3-1-7(5-11(9)17-13)8-2-4-10-12(6-8)18-14(20)16-10/h1-6H. The monoisotopic (exact) mass is 262 g/mol. The maximum Gasteiger partial charge on any atom is 0.368 e. The van der Waals surface area contributed by atoms with Crippen molar-refractivity contribution in [2.45, 2.75) is 0 Å². The van der Waals surface area contributed by atoms with Crippen LogP contribution < -0.4 is 21.4 Å². The molecule has 0 atom stereocenters. The molecule has 0 fully saturated rings. The van der Waals surface area contributed by atoms with Crippen molar-refractivity contribution in [3.63, 3.8) is 0 Å². The summed E-state index contributed by atoms with van der Waals surface area (Å²) < 4.78 is 0. The number of hydrogen-bond donors (Lipinski definition) is 0. The molecular weight excluding hydrogens is 256 g/mol. The second-order valence-electron chi connectivity index (χ2n) is 4.42. The molecule has 6 heteroatoms. The quantitative estimate of drug-likeness (QED) is 0.730. The fourth-order valence-electron chi connectivity index (χ4n) is 2.24. The van der Waals surface area contributed by atoms with Crippen LogP contribution in [0, 0.1) is 0 Å². The lowest BCUT2D eigenvalue weighted by atomic mass is 10.1. The molecule has 2 aromatic carbocycles. The van der Waals surface area contributed by atoms with Crippen molar-refractivity contribution in [2.24, 2.45) is 20.0 Å². The van der Waals surface area contributed by atoms with E-state index in [1.807, 2.05) is 12.1 Å². The van der Waals surface area contributed by atoms with Gasteiger partial charge in [0.05, 0.1) is 21.4 Å². The highest BCUT2D eigenvalue weighted by Crippen LogP contribution is 2.14. The Balaban J connectivity index is 1.94. The molecule has 4 amide bonds. The molecule has 2 aromatic rings. The normalized spacial score (nSPS) is 14.8. The lowest BCUT2D eigenvalue weighted by molar-refractivity contribution is 0.256. The second-order valence-corrected chi connectivity index (χ2v) is 4.42. The lowest BCUT2D eigenvalue weighted by Crippen LogP contribution is -2.22. The Morgan fingerprint density at radius 3 is 1.40 bits per heavy atom. The average Bonchev–Trinajstić information content (AvgIpc) is 2.97. The van der Waals surface area contributed by atoms with Crippen molar-refractivity contribution in [3.8, 4) is 11.1 Å². The Hall–Kier alpha value is -3.02. The van der Waals surface area contributed by atoms with E-state index in [1.54, 1.807) is 24.3 Å². The molecule has 0 saturated carbocycles. The highest BCUT2D eigenvalue weighted by atomic mass is 16.2. The van der Waals surface area contributed by atoms with Gasteiger partial charge in [0.1, 0.15) is 0 Å². The number of hydrogen-bond acceptors (Lipinski definition) is 2. The minimum atomic E-state index is -0.481. The minimum Gasteiger partial charge on any atom is -0.244 e. The van der Waals surface area contributed by atoms with Gasteiger partial charge in [-0.2, -0.15) is 20.0 Å². The largest absolute Gasteiger partial charge is 0.368 e. The van der Waals surface area contributed by atoms with Crippen molar-refractivity contribution in [1.82, 2.24) is 0 Å². The smallest absolute Gasteiger partial charge is 0.244 e. The number of benzene rings is 2. The molecular formula is C14H6N4O2. The van der Waals surface area contributed by atoms with Gasteiger partial charge in [-0.05, 0) is 35.4 Å². The van der Waals surface area contributed by atoms with Crippen LogP contribution in [-0.2, 0) is 0 Å². The summed E-state index contributed by atoms with van der Waals surface area (Å²) in [6.07, 6.45) is 0. The molecule has 0 radical (unpaired) electrons. The number of nitrogens with zero attached hydrogens (tertiary/aromatic N) is 4. The van der Waals surface area contributed by atoms with Gasteiger partial charge in [0.15, 0.2) is 0 Å². The van der Waals surface area contributed by atoms with E-state index in [0.29, 0.717) is 21.4 Å². The summed E-state index contributed by atoms with van der Waals surface area (Å²) in [5.74, 6) is 0. The number of carbonyl (C=O) groups is 2. The Labute approximate surface area is 111 Å². The fourth-order valence-corrected chi connectivity index (χ4v) is 2.24. The van der Waals surface area contributed by atoms with Crippen LogP contribution in [0.1, 0.15) is 0 Å². The molecule has 2 aliphatic heterocycles. The van der Waals surface area contributed by atoms with Gasteiger partial charge >= 0.3 is 12.1 Å². The van der Waals surface area contributed by atoms with Crippen molar-refractivity contribution in [2.75, 3.05) is 0 Å². The van der Waals surface area contributed by atoms with Crippen LogP contribution in [0.25, 0.3) is 11.1 Å². The van der Waals surface area contributed by atoms with Gasteiger partial charge in [0.25, 0.3) is 0 Å². The molecule has 0 aromatic heterocycles. The van der Waals surface area contributed by atoms with E-state index in [0.717, 1.165) is 11.1 Å². The SMILES string of the molecule is O=C1N=c2ccc(-c3ccc4c(c3)=NC(=O)N=4)cc2=N1. The molecule has 2 heterocycles. The number of fused-ring (bicyclic) bond motifs is 2. The van der Waals surface area contributed by atoms with E-state index in [-0.39, 0.29) is 0 Å². The zero-order chi connectivity index (χ0) is 13.7. The summed E-state index contributed by atoms with van der Waals surface area (Å²) in [5, 5.41) is 2.28. The highest BCUT2D eigenvalue weighted by Gasteiger charge is 2.09. The van der Waals surface area contributed by atoms with Crippen LogP contribution in [0.5, 0.6) is 0 Å². The van der Waals surface area contributed by atoms with E-state index < -0.39 is 12.1 Å². The molecule has 0 aliphatic carbocycles. The molecule has 4 rings (SSSR count). The van der Waals surface area contributed by atoms with Gasteiger partial charge in [0, 0.05) is 0 Å². The predicted octanol–water partition coefficient (Wildman–Crippen LogP) is 0.0992. The van der Waals surface area contributed by atoms with Crippen molar-refractivity contribution < 1.29 is 9.59 Å². The van der Waals surface area contributed by atoms with Crippen LogP contribution in [0.4, 0.5) is 9.59 Å². The maximum absolute atomic E-state index is 11.1. The third-order valence-corrected chi connectivity index (χ3v) is 3.15. The third kappa shape index (κ3) is 1.58. The van der Waals surface area contributed by atoms with Gasteiger partial charge in [-0.3, -0.25) is 0 Å². The van der Waals surface area contributed by atoms with Crippen LogP contribution in [-0.4, -0.2) is 12.1 Å². The average molecular weight is 262 g/mol. The Kier molecular flexibility index (Phi) is 2.03. The zero-order valence-corrected chi connectivity index (χ0v) is 10.1. The van der Waals surface area contributed by atoms with Gasteiger partial charge in [-0.1, -0.05) is 12.1 Å². The summed E-state index contributed by atoms with van der Waals surface area (Å²) in [5.41, 5.74) is 1.77. The first-order valence-corrected chi connectivity index (χ1v) is 5.92. The molecule has 0 bridgehead atoms. The first kappa shape index (κ1) is 10.9. The Bertz CT molecular complexity index is 952. The number of carbonyl (C=O) groups excluding carboxylic acids is 2. The minimum absolute atomic E-state index is 0.481. The van der Waals surface area contributed by atoms with Crippen molar-refractivity contribution in [3.05, 3.63) is 57.8 Å². The molecule has 20 heavy (non-hydrogen) atoms. The molecule has 0 N–H and O–H groups in total.